The zero-order valence-corrected chi connectivity index (χ0v) is 20.8. The number of aromatic nitrogens is 1. The smallest absolute Gasteiger partial charge is 0.271 e. The fourth-order valence-electron chi connectivity index (χ4n) is 5.65. The molecule has 1 fully saturated rings. The molecule has 0 radical (unpaired) electrons. The maximum Gasteiger partial charge on any atom is 0.271 e. The van der Waals surface area contributed by atoms with E-state index in [1.807, 2.05) is 47.9 Å². The van der Waals surface area contributed by atoms with Gasteiger partial charge in [0, 0.05) is 12.6 Å². The van der Waals surface area contributed by atoms with Gasteiger partial charge in [0.25, 0.3) is 5.91 Å². The Morgan fingerprint density at radius 3 is 2.49 bits per heavy atom. The fourth-order valence-corrected chi connectivity index (χ4v) is 5.65. The van der Waals surface area contributed by atoms with Crippen LogP contribution in [0.1, 0.15) is 67.1 Å². The Labute approximate surface area is 207 Å². The molecule has 3 aromatic rings. The average molecular weight is 474 g/mol. The number of rotatable bonds is 6. The monoisotopic (exact) mass is 473 g/mol. The van der Waals surface area contributed by atoms with E-state index in [1.54, 1.807) is 11.2 Å². The molecule has 5 rings (SSSR count). The molecule has 1 aliphatic heterocycles. The molecule has 6 nitrogen and oxygen atoms in total. The van der Waals surface area contributed by atoms with E-state index in [4.69, 9.17) is 4.42 Å². The number of aryl methyl sites for hydroxylation is 1. The first kappa shape index (κ1) is 23.5. The molecule has 6 heteroatoms. The molecule has 1 aliphatic carbocycles. The molecule has 1 N–H and O–H groups in total. The van der Waals surface area contributed by atoms with Crippen LogP contribution in [-0.4, -0.2) is 39.4 Å². The molecule has 2 aromatic heterocycles. The summed E-state index contributed by atoms with van der Waals surface area (Å²) in [6.07, 6.45) is 9.08. The third kappa shape index (κ3) is 4.54. The second kappa shape index (κ2) is 9.76. The van der Waals surface area contributed by atoms with Crippen LogP contribution >= 0.6 is 0 Å². The highest BCUT2D eigenvalue weighted by molar-refractivity contribution is 6.00. The molecule has 2 aliphatic rings. The minimum Gasteiger partial charge on any atom is -0.463 e. The largest absolute Gasteiger partial charge is 0.463 e. The predicted molar refractivity (Wildman–Crippen MR) is 136 cm³/mol. The Bertz CT molecular complexity index is 1190. The van der Waals surface area contributed by atoms with Crippen molar-refractivity contribution in [3.8, 4) is 11.5 Å². The number of amides is 2. The summed E-state index contributed by atoms with van der Waals surface area (Å²) in [5.41, 5.74) is 2.82. The van der Waals surface area contributed by atoms with Crippen LogP contribution in [0.15, 0.2) is 59.2 Å². The van der Waals surface area contributed by atoms with Gasteiger partial charge in [0.1, 0.15) is 17.0 Å². The van der Waals surface area contributed by atoms with Crippen LogP contribution in [0, 0.1) is 6.92 Å². The summed E-state index contributed by atoms with van der Waals surface area (Å²) in [4.78, 5) is 29.6. The zero-order chi connectivity index (χ0) is 24.4. The second-order valence-electron chi connectivity index (χ2n) is 10.2. The third-order valence-corrected chi connectivity index (χ3v) is 7.83. The molecule has 0 saturated heterocycles. The van der Waals surface area contributed by atoms with Crippen LogP contribution < -0.4 is 5.32 Å². The van der Waals surface area contributed by atoms with E-state index >= 15 is 0 Å². The van der Waals surface area contributed by atoms with Gasteiger partial charge in [0.2, 0.25) is 5.91 Å². The molecule has 35 heavy (non-hydrogen) atoms. The second-order valence-corrected chi connectivity index (χ2v) is 10.2. The lowest BCUT2D eigenvalue weighted by Crippen LogP contribution is -2.65. The molecule has 2 amide bonds. The summed E-state index contributed by atoms with van der Waals surface area (Å²) in [6.45, 7) is 4.89. The van der Waals surface area contributed by atoms with Gasteiger partial charge in [-0.1, -0.05) is 49.9 Å². The summed E-state index contributed by atoms with van der Waals surface area (Å²) in [5, 5.41) is 3.34. The van der Waals surface area contributed by atoms with E-state index in [9.17, 15) is 9.59 Å². The Kier molecular flexibility index (Phi) is 6.54. The van der Waals surface area contributed by atoms with E-state index in [0.29, 0.717) is 31.0 Å². The van der Waals surface area contributed by atoms with Gasteiger partial charge in [-0.25, -0.2) is 0 Å². The molecule has 1 atom stereocenters. The van der Waals surface area contributed by atoms with Crippen LogP contribution in [0.25, 0.3) is 11.5 Å². The van der Waals surface area contributed by atoms with Crippen LogP contribution in [0.4, 0.5) is 0 Å². The van der Waals surface area contributed by atoms with Gasteiger partial charge in [0.15, 0.2) is 0 Å². The first-order valence-corrected chi connectivity index (χ1v) is 12.9. The predicted octanol–water partition coefficient (Wildman–Crippen LogP) is 5.35. The number of furan rings is 1. The molecular formula is C29H35N3O3. The van der Waals surface area contributed by atoms with Crippen LogP contribution in [0.5, 0.6) is 0 Å². The normalized spacial score (nSPS) is 21.0. The number of nitrogens with zero attached hydrogens (tertiary/aromatic N) is 2. The maximum atomic E-state index is 13.9. The summed E-state index contributed by atoms with van der Waals surface area (Å²) < 4.78 is 7.60. The molecule has 0 bridgehead atoms. The quantitative estimate of drug-likeness (QED) is 0.491. The number of hydrogen-bond acceptors (Lipinski definition) is 3. The highest BCUT2D eigenvalue weighted by Gasteiger charge is 2.48. The van der Waals surface area contributed by atoms with Gasteiger partial charge >= 0.3 is 0 Å². The van der Waals surface area contributed by atoms with E-state index < -0.39 is 5.54 Å². The molecule has 0 unspecified atom stereocenters. The maximum absolute atomic E-state index is 13.9. The van der Waals surface area contributed by atoms with Crippen molar-refractivity contribution in [1.29, 1.82) is 0 Å². The van der Waals surface area contributed by atoms with Crippen molar-refractivity contribution < 1.29 is 14.0 Å². The Balaban J connectivity index is 1.48. The van der Waals surface area contributed by atoms with E-state index in [-0.39, 0.29) is 17.9 Å². The average Bonchev–Trinajstić information content (AvgIpc) is 3.45. The number of nitrogens with one attached hydrogen (secondary N) is 1. The molecule has 1 saturated carbocycles. The highest BCUT2D eigenvalue weighted by Crippen LogP contribution is 2.34. The summed E-state index contributed by atoms with van der Waals surface area (Å²) in [7, 11) is 0. The van der Waals surface area contributed by atoms with E-state index in [0.717, 1.165) is 31.4 Å². The SMILES string of the molecule is Cc1ccccc1CCN1C(=O)c2ccc(-c3ccco3)n2C[C@@]1(C)C(=O)NC1CCCCCC1. The zero-order valence-electron chi connectivity index (χ0n) is 20.8. The van der Waals surface area contributed by atoms with Crippen molar-refractivity contribution in [2.24, 2.45) is 0 Å². The van der Waals surface area contributed by atoms with Crippen molar-refractivity contribution in [3.63, 3.8) is 0 Å². The summed E-state index contributed by atoms with van der Waals surface area (Å²) in [6, 6.07) is 15.9. The third-order valence-electron chi connectivity index (χ3n) is 7.83. The minimum absolute atomic E-state index is 0.0627. The van der Waals surface area contributed by atoms with Gasteiger partial charge in [-0.15, -0.1) is 0 Å². The Hall–Kier alpha value is -3.28. The molecule has 184 valence electrons. The van der Waals surface area contributed by atoms with Crippen LogP contribution in [-0.2, 0) is 17.8 Å². The minimum atomic E-state index is -1.00. The summed E-state index contributed by atoms with van der Waals surface area (Å²) in [5.74, 6) is 0.525. The van der Waals surface area contributed by atoms with Crippen LogP contribution in [0.3, 0.4) is 0 Å². The lowest BCUT2D eigenvalue weighted by Gasteiger charge is -2.45. The topological polar surface area (TPSA) is 67.5 Å². The van der Waals surface area contributed by atoms with Crippen molar-refractivity contribution >= 4 is 11.8 Å². The number of carbonyl (C=O) groups is 2. The number of fused-ring (bicyclic) bond motifs is 1. The van der Waals surface area contributed by atoms with Gasteiger partial charge in [-0.2, -0.15) is 0 Å². The Morgan fingerprint density at radius 2 is 1.77 bits per heavy atom. The fraction of sp³-hybridized carbons (Fsp3) is 0.448. The molecular weight excluding hydrogens is 438 g/mol. The van der Waals surface area contributed by atoms with Gasteiger partial charge in [0.05, 0.1) is 18.5 Å². The van der Waals surface area contributed by atoms with Crippen LogP contribution in [0.2, 0.25) is 0 Å². The first-order chi connectivity index (χ1) is 17.0. The van der Waals surface area contributed by atoms with Crippen molar-refractivity contribution in [2.75, 3.05) is 6.54 Å². The van der Waals surface area contributed by atoms with E-state index in [2.05, 4.69) is 24.4 Å². The lowest BCUT2D eigenvalue weighted by atomic mass is 9.92. The van der Waals surface area contributed by atoms with Gasteiger partial charge < -0.3 is 19.2 Å². The number of hydrogen-bond donors (Lipinski definition) is 1. The first-order valence-electron chi connectivity index (χ1n) is 12.9. The van der Waals surface area contributed by atoms with Crippen molar-refractivity contribution in [2.45, 2.75) is 76.9 Å². The summed E-state index contributed by atoms with van der Waals surface area (Å²) >= 11 is 0. The molecule has 0 spiro atoms. The van der Waals surface area contributed by atoms with E-state index in [1.165, 1.54) is 24.0 Å². The molecule has 3 heterocycles. The van der Waals surface area contributed by atoms with Gasteiger partial charge in [-0.3, -0.25) is 9.59 Å². The van der Waals surface area contributed by atoms with Crippen molar-refractivity contribution in [1.82, 2.24) is 14.8 Å². The lowest BCUT2D eigenvalue weighted by molar-refractivity contribution is -0.133. The standard InChI is InChI=1S/C29H35N3O3/c1-21-10-7-8-11-22(21)17-18-32-27(33)25-16-15-24(26-14-9-19-35-26)31(25)20-29(32,2)28(34)30-23-12-5-3-4-6-13-23/h7-11,14-16,19,23H,3-6,12-13,17-18,20H2,1-2H3,(H,30,34)/t29-/m0/s1. The van der Waals surface area contributed by atoms with Gasteiger partial charge in [-0.05, 0) is 68.5 Å². The number of benzene rings is 1. The highest BCUT2D eigenvalue weighted by atomic mass is 16.3. The van der Waals surface area contributed by atoms with Crippen molar-refractivity contribution in [3.05, 3.63) is 71.6 Å². The number of carbonyl (C=O) groups excluding carboxylic acids is 2. The Morgan fingerprint density at radius 1 is 1.03 bits per heavy atom. The molecule has 1 aromatic carbocycles.